The van der Waals surface area contributed by atoms with Gasteiger partial charge in [-0.2, -0.15) is 0 Å². The Kier molecular flexibility index (Phi) is 6.10. The number of nitrogens with one attached hydrogen (secondary N) is 1. The van der Waals surface area contributed by atoms with Gasteiger partial charge >= 0.3 is 0 Å². The molecule has 0 unspecified atom stereocenters. The molecule has 6 heteroatoms. The number of rotatable bonds is 5. The van der Waals surface area contributed by atoms with Gasteiger partial charge in [-0.15, -0.1) is 11.8 Å². The smallest absolute Gasteiger partial charge is 0.143 e. The van der Waals surface area contributed by atoms with Crippen LogP contribution >= 0.6 is 50.3 Å². The van der Waals surface area contributed by atoms with E-state index in [0.29, 0.717) is 0 Å². The number of aromatic nitrogens is 2. The Hall–Kier alpha value is -0.340. The Balaban J connectivity index is 2.19. The van der Waals surface area contributed by atoms with E-state index in [1.807, 2.05) is 25.2 Å². The molecule has 0 fully saturated rings. The van der Waals surface area contributed by atoms with Crippen LogP contribution in [0.2, 0.25) is 0 Å². The molecule has 2 rings (SSSR count). The predicted octanol–water partition coefficient (Wildman–Crippen LogP) is 4.74. The number of anilines is 1. The predicted molar refractivity (Wildman–Crippen MR) is 97.4 cm³/mol. The SMILES string of the molecule is CCc1nc(CSc2ccccc2Br)nc(NC)c1I. The molecule has 1 aromatic heterocycles. The summed E-state index contributed by atoms with van der Waals surface area (Å²) in [6.07, 6.45) is 0.919. The van der Waals surface area contributed by atoms with E-state index in [2.05, 4.69) is 66.8 Å². The average molecular weight is 464 g/mol. The average Bonchev–Trinajstić information content (AvgIpc) is 2.47. The molecule has 1 N–H and O–H groups in total. The summed E-state index contributed by atoms with van der Waals surface area (Å²) in [4.78, 5) is 10.4. The summed E-state index contributed by atoms with van der Waals surface area (Å²) in [5.74, 6) is 2.55. The Bertz CT molecular complexity index is 582. The number of nitrogens with zero attached hydrogens (tertiary/aromatic N) is 2. The highest BCUT2D eigenvalue weighted by Gasteiger charge is 2.10. The summed E-state index contributed by atoms with van der Waals surface area (Å²) in [6, 6.07) is 8.21. The number of halogens is 2. The van der Waals surface area contributed by atoms with Crippen LogP contribution in [-0.4, -0.2) is 17.0 Å². The molecule has 0 radical (unpaired) electrons. The lowest BCUT2D eigenvalue weighted by Gasteiger charge is -2.10. The molecular formula is C14H15BrIN3S. The molecule has 0 aliphatic rings. The normalized spacial score (nSPS) is 10.6. The summed E-state index contributed by atoms with van der Waals surface area (Å²) in [6.45, 7) is 2.12. The van der Waals surface area contributed by atoms with Gasteiger partial charge in [0.05, 0.1) is 15.0 Å². The topological polar surface area (TPSA) is 37.8 Å². The Labute approximate surface area is 145 Å². The third-order valence-corrected chi connectivity index (χ3v) is 5.89. The minimum absolute atomic E-state index is 0.765. The molecular weight excluding hydrogens is 449 g/mol. The Morgan fingerprint density at radius 2 is 2.05 bits per heavy atom. The van der Waals surface area contributed by atoms with E-state index in [1.54, 1.807) is 11.8 Å². The van der Waals surface area contributed by atoms with E-state index in [9.17, 15) is 0 Å². The molecule has 0 bridgehead atoms. The molecule has 0 aliphatic carbocycles. The van der Waals surface area contributed by atoms with Crippen molar-refractivity contribution in [1.82, 2.24) is 9.97 Å². The van der Waals surface area contributed by atoms with Gasteiger partial charge in [0, 0.05) is 16.4 Å². The van der Waals surface area contributed by atoms with Crippen molar-refractivity contribution in [2.45, 2.75) is 24.0 Å². The van der Waals surface area contributed by atoms with Crippen LogP contribution < -0.4 is 5.32 Å². The second-order valence-corrected chi connectivity index (χ2v) is 7.02. The van der Waals surface area contributed by atoms with Crippen LogP contribution in [-0.2, 0) is 12.2 Å². The fraction of sp³-hybridized carbons (Fsp3) is 0.286. The van der Waals surface area contributed by atoms with Crippen LogP contribution in [0.4, 0.5) is 5.82 Å². The zero-order valence-corrected chi connectivity index (χ0v) is 15.8. The number of hydrogen-bond acceptors (Lipinski definition) is 4. The fourth-order valence-electron chi connectivity index (χ4n) is 1.71. The van der Waals surface area contributed by atoms with E-state index >= 15 is 0 Å². The standard InChI is InChI=1S/C14H15BrIN3S/c1-3-10-13(16)14(17-2)19-12(18-10)8-20-11-7-5-4-6-9(11)15/h4-7H,3,8H2,1-2H3,(H,17,18,19). The van der Waals surface area contributed by atoms with Gasteiger partial charge in [0.25, 0.3) is 0 Å². The molecule has 0 atom stereocenters. The van der Waals surface area contributed by atoms with Gasteiger partial charge in [-0.25, -0.2) is 9.97 Å². The molecule has 0 amide bonds. The van der Waals surface area contributed by atoms with Crippen LogP contribution in [0.1, 0.15) is 18.4 Å². The van der Waals surface area contributed by atoms with Gasteiger partial charge in [-0.1, -0.05) is 19.1 Å². The van der Waals surface area contributed by atoms with Gasteiger partial charge in [0.2, 0.25) is 0 Å². The quantitative estimate of drug-likeness (QED) is 0.513. The lowest BCUT2D eigenvalue weighted by molar-refractivity contribution is 0.929. The van der Waals surface area contributed by atoms with Gasteiger partial charge in [-0.05, 0) is 57.1 Å². The van der Waals surface area contributed by atoms with E-state index < -0.39 is 0 Å². The molecule has 2 aromatic rings. The summed E-state index contributed by atoms with van der Waals surface area (Å²) in [5.41, 5.74) is 1.10. The largest absolute Gasteiger partial charge is 0.372 e. The van der Waals surface area contributed by atoms with Gasteiger partial charge in [0.1, 0.15) is 11.6 Å². The third-order valence-electron chi connectivity index (χ3n) is 2.73. The zero-order chi connectivity index (χ0) is 14.5. The van der Waals surface area contributed by atoms with E-state index in [0.717, 1.165) is 37.6 Å². The third kappa shape index (κ3) is 3.85. The van der Waals surface area contributed by atoms with Crippen molar-refractivity contribution >= 4 is 56.1 Å². The lowest BCUT2D eigenvalue weighted by atomic mass is 10.3. The van der Waals surface area contributed by atoms with Crippen LogP contribution in [0.15, 0.2) is 33.6 Å². The summed E-state index contributed by atoms with van der Waals surface area (Å²) in [5, 5.41) is 3.14. The maximum Gasteiger partial charge on any atom is 0.143 e. The second-order valence-electron chi connectivity index (χ2n) is 4.07. The highest BCUT2D eigenvalue weighted by atomic mass is 127. The molecule has 1 aromatic carbocycles. The van der Waals surface area contributed by atoms with E-state index in [-0.39, 0.29) is 0 Å². The molecule has 0 saturated heterocycles. The number of aryl methyl sites for hydroxylation is 1. The van der Waals surface area contributed by atoms with Crippen LogP contribution in [0.5, 0.6) is 0 Å². The van der Waals surface area contributed by atoms with Crippen molar-refractivity contribution in [3.05, 3.63) is 43.8 Å². The summed E-state index contributed by atoms with van der Waals surface area (Å²) in [7, 11) is 1.90. The molecule has 3 nitrogen and oxygen atoms in total. The van der Waals surface area contributed by atoms with Gasteiger partial charge < -0.3 is 5.32 Å². The zero-order valence-electron chi connectivity index (χ0n) is 11.3. The van der Waals surface area contributed by atoms with Crippen molar-refractivity contribution in [3.8, 4) is 0 Å². The van der Waals surface area contributed by atoms with Crippen LogP contribution in [0.3, 0.4) is 0 Å². The number of thioether (sulfide) groups is 1. The van der Waals surface area contributed by atoms with Crippen LogP contribution in [0.25, 0.3) is 0 Å². The maximum absolute atomic E-state index is 4.65. The molecule has 0 saturated carbocycles. The van der Waals surface area contributed by atoms with Gasteiger partial charge in [-0.3, -0.25) is 0 Å². The highest BCUT2D eigenvalue weighted by molar-refractivity contribution is 14.1. The first-order valence-corrected chi connectivity index (χ1v) is 9.11. The molecule has 0 spiro atoms. The van der Waals surface area contributed by atoms with Gasteiger partial charge in [0.15, 0.2) is 0 Å². The van der Waals surface area contributed by atoms with E-state index in [4.69, 9.17) is 0 Å². The monoisotopic (exact) mass is 463 g/mol. The van der Waals surface area contributed by atoms with Crippen molar-refractivity contribution < 1.29 is 0 Å². The first kappa shape index (κ1) is 16.0. The Morgan fingerprint density at radius 1 is 1.30 bits per heavy atom. The lowest BCUT2D eigenvalue weighted by Crippen LogP contribution is -2.06. The summed E-state index contributed by atoms with van der Waals surface area (Å²) < 4.78 is 2.22. The van der Waals surface area contributed by atoms with Crippen molar-refractivity contribution in [2.24, 2.45) is 0 Å². The number of benzene rings is 1. The molecule has 1 heterocycles. The fourth-order valence-corrected chi connectivity index (χ4v) is 4.03. The first-order chi connectivity index (χ1) is 9.65. The highest BCUT2D eigenvalue weighted by Crippen LogP contribution is 2.29. The minimum Gasteiger partial charge on any atom is -0.372 e. The molecule has 20 heavy (non-hydrogen) atoms. The Morgan fingerprint density at radius 3 is 2.70 bits per heavy atom. The number of hydrogen-bond donors (Lipinski definition) is 1. The first-order valence-electron chi connectivity index (χ1n) is 6.26. The van der Waals surface area contributed by atoms with Crippen molar-refractivity contribution in [2.75, 3.05) is 12.4 Å². The minimum atomic E-state index is 0.765. The van der Waals surface area contributed by atoms with Crippen molar-refractivity contribution in [3.63, 3.8) is 0 Å². The van der Waals surface area contributed by atoms with Crippen molar-refractivity contribution in [1.29, 1.82) is 0 Å². The maximum atomic E-state index is 4.65. The molecule has 0 aliphatic heterocycles. The molecule has 106 valence electrons. The second kappa shape index (κ2) is 7.61. The van der Waals surface area contributed by atoms with E-state index in [1.165, 1.54) is 4.90 Å². The summed E-state index contributed by atoms with van der Waals surface area (Å²) >= 11 is 7.61. The van der Waals surface area contributed by atoms with Crippen LogP contribution in [0, 0.1) is 3.57 Å².